The van der Waals surface area contributed by atoms with Crippen LogP contribution in [0.3, 0.4) is 0 Å². The second-order valence-corrected chi connectivity index (χ2v) is 6.18. The third kappa shape index (κ3) is 4.36. The van der Waals surface area contributed by atoms with Crippen LogP contribution in [0.2, 0.25) is 0 Å². The summed E-state index contributed by atoms with van der Waals surface area (Å²) in [5.74, 6) is -0.573. The molecule has 126 valence electrons. The molecule has 0 radical (unpaired) electrons. The number of hydrogen-bond acceptors (Lipinski definition) is 4. The third-order valence-corrected chi connectivity index (χ3v) is 4.02. The largest absolute Gasteiger partial charge is 0.459 e. The standard InChI is InChI=1S/C19H15BrN2O3/c20-14-8-10-15(11-9-14)21-18(17(23)13-5-2-1-3-6-13)22-19(24)16-7-4-12-25-16/h1-12,18,21H,(H,22,24). The van der Waals surface area contributed by atoms with Crippen molar-refractivity contribution in [3.63, 3.8) is 0 Å². The van der Waals surface area contributed by atoms with E-state index in [1.54, 1.807) is 36.4 Å². The zero-order chi connectivity index (χ0) is 17.6. The lowest BCUT2D eigenvalue weighted by molar-refractivity contribution is 0.0853. The molecule has 1 amide bonds. The fourth-order valence-electron chi connectivity index (χ4n) is 2.26. The van der Waals surface area contributed by atoms with E-state index in [1.807, 2.05) is 30.3 Å². The Hall–Kier alpha value is -2.86. The average molecular weight is 399 g/mol. The summed E-state index contributed by atoms with van der Waals surface area (Å²) in [4.78, 5) is 25.1. The zero-order valence-corrected chi connectivity index (χ0v) is 14.7. The van der Waals surface area contributed by atoms with Gasteiger partial charge in [0.05, 0.1) is 6.26 Å². The van der Waals surface area contributed by atoms with Crippen LogP contribution in [-0.2, 0) is 0 Å². The Morgan fingerprint density at radius 3 is 2.28 bits per heavy atom. The molecule has 0 fully saturated rings. The van der Waals surface area contributed by atoms with Gasteiger partial charge < -0.3 is 15.1 Å². The van der Waals surface area contributed by atoms with Gasteiger partial charge in [0.15, 0.2) is 11.9 Å². The van der Waals surface area contributed by atoms with E-state index >= 15 is 0 Å². The summed E-state index contributed by atoms with van der Waals surface area (Å²) in [6.07, 6.45) is 0.478. The maximum absolute atomic E-state index is 12.8. The fourth-order valence-corrected chi connectivity index (χ4v) is 2.52. The molecule has 0 aliphatic carbocycles. The molecule has 3 aromatic rings. The zero-order valence-electron chi connectivity index (χ0n) is 13.1. The Balaban J connectivity index is 1.83. The van der Waals surface area contributed by atoms with Crippen LogP contribution in [0.15, 0.2) is 81.9 Å². The molecule has 1 aromatic heterocycles. The number of furan rings is 1. The predicted molar refractivity (Wildman–Crippen MR) is 98.5 cm³/mol. The van der Waals surface area contributed by atoms with Crippen molar-refractivity contribution in [2.45, 2.75) is 6.17 Å². The van der Waals surface area contributed by atoms with Gasteiger partial charge in [0.1, 0.15) is 0 Å². The number of rotatable bonds is 6. The molecule has 1 heterocycles. The minimum absolute atomic E-state index is 0.142. The number of nitrogens with one attached hydrogen (secondary N) is 2. The highest BCUT2D eigenvalue weighted by atomic mass is 79.9. The van der Waals surface area contributed by atoms with Gasteiger partial charge in [-0.3, -0.25) is 9.59 Å². The molecule has 2 aromatic carbocycles. The number of hydrogen-bond donors (Lipinski definition) is 2. The van der Waals surface area contributed by atoms with Crippen LogP contribution in [0.1, 0.15) is 20.9 Å². The summed E-state index contributed by atoms with van der Waals surface area (Å²) in [5.41, 5.74) is 1.20. The number of ketones is 1. The molecule has 1 atom stereocenters. The molecule has 0 bridgehead atoms. The van der Waals surface area contributed by atoms with E-state index in [1.165, 1.54) is 6.26 Å². The summed E-state index contributed by atoms with van der Waals surface area (Å²) in [7, 11) is 0. The summed E-state index contributed by atoms with van der Waals surface area (Å²) in [6.45, 7) is 0. The highest BCUT2D eigenvalue weighted by Crippen LogP contribution is 2.16. The molecule has 6 heteroatoms. The van der Waals surface area contributed by atoms with Gasteiger partial charge in [-0.1, -0.05) is 46.3 Å². The van der Waals surface area contributed by atoms with Gasteiger partial charge in [0.25, 0.3) is 5.91 Å². The maximum Gasteiger partial charge on any atom is 0.288 e. The van der Waals surface area contributed by atoms with Crippen LogP contribution in [0, 0.1) is 0 Å². The highest BCUT2D eigenvalue weighted by Gasteiger charge is 2.23. The van der Waals surface area contributed by atoms with Crippen LogP contribution in [-0.4, -0.2) is 17.9 Å². The predicted octanol–water partition coefficient (Wildman–Crippen LogP) is 4.09. The first-order chi connectivity index (χ1) is 12.1. The Kier molecular flexibility index (Phi) is 5.30. The molecule has 0 saturated heterocycles. The van der Waals surface area contributed by atoms with E-state index in [2.05, 4.69) is 26.6 Å². The lowest BCUT2D eigenvalue weighted by Gasteiger charge is -2.20. The molecular weight excluding hydrogens is 384 g/mol. The number of carbonyl (C=O) groups is 2. The van der Waals surface area contributed by atoms with E-state index in [4.69, 9.17) is 4.42 Å². The van der Waals surface area contributed by atoms with E-state index in [0.29, 0.717) is 11.3 Å². The average Bonchev–Trinajstić information content (AvgIpc) is 3.18. The summed E-state index contributed by atoms with van der Waals surface area (Å²) in [6, 6.07) is 19.3. The number of halogens is 1. The molecule has 25 heavy (non-hydrogen) atoms. The molecule has 0 aliphatic heterocycles. The number of anilines is 1. The third-order valence-electron chi connectivity index (χ3n) is 3.50. The molecule has 2 N–H and O–H groups in total. The van der Waals surface area contributed by atoms with Crippen molar-refractivity contribution in [2.75, 3.05) is 5.32 Å². The lowest BCUT2D eigenvalue weighted by Crippen LogP contribution is -2.46. The molecular formula is C19H15BrN2O3. The van der Waals surface area contributed by atoms with Crippen molar-refractivity contribution in [3.8, 4) is 0 Å². The Morgan fingerprint density at radius 2 is 1.64 bits per heavy atom. The second kappa shape index (κ2) is 7.81. The highest BCUT2D eigenvalue weighted by molar-refractivity contribution is 9.10. The Bertz CT molecular complexity index is 846. The van der Waals surface area contributed by atoms with E-state index in [0.717, 1.165) is 4.47 Å². The fraction of sp³-hybridized carbons (Fsp3) is 0.0526. The second-order valence-electron chi connectivity index (χ2n) is 5.27. The first kappa shape index (κ1) is 17.0. The van der Waals surface area contributed by atoms with Gasteiger partial charge in [0, 0.05) is 15.7 Å². The van der Waals surface area contributed by atoms with E-state index in [9.17, 15) is 9.59 Å². The van der Waals surface area contributed by atoms with Crippen LogP contribution in [0.25, 0.3) is 0 Å². The monoisotopic (exact) mass is 398 g/mol. The maximum atomic E-state index is 12.8. The first-order valence-corrected chi connectivity index (χ1v) is 8.38. The molecule has 5 nitrogen and oxygen atoms in total. The first-order valence-electron chi connectivity index (χ1n) is 7.59. The van der Waals surface area contributed by atoms with Crippen LogP contribution in [0.4, 0.5) is 5.69 Å². The van der Waals surface area contributed by atoms with Gasteiger partial charge in [0.2, 0.25) is 5.78 Å². The number of Topliss-reactive ketones (excluding diaryl/α,β-unsaturated/α-hetero) is 1. The van der Waals surface area contributed by atoms with E-state index in [-0.39, 0.29) is 11.5 Å². The minimum atomic E-state index is -0.929. The van der Waals surface area contributed by atoms with Crippen LogP contribution in [0.5, 0.6) is 0 Å². The van der Waals surface area contributed by atoms with Gasteiger partial charge in [-0.15, -0.1) is 0 Å². The van der Waals surface area contributed by atoms with Crippen molar-refractivity contribution in [3.05, 3.63) is 88.8 Å². The SMILES string of the molecule is O=C(NC(Nc1ccc(Br)cc1)C(=O)c1ccccc1)c1ccco1. The topological polar surface area (TPSA) is 71.3 Å². The van der Waals surface area contributed by atoms with Gasteiger partial charge in [-0.05, 0) is 36.4 Å². The molecule has 0 saturated carbocycles. The van der Waals surface area contributed by atoms with Gasteiger partial charge >= 0.3 is 0 Å². The smallest absolute Gasteiger partial charge is 0.288 e. The van der Waals surface area contributed by atoms with Crippen molar-refractivity contribution in [1.29, 1.82) is 0 Å². The Labute approximate surface area is 153 Å². The quantitative estimate of drug-likeness (QED) is 0.484. The van der Waals surface area contributed by atoms with Crippen molar-refractivity contribution >= 4 is 33.3 Å². The van der Waals surface area contributed by atoms with E-state index < -0.39 is 12.1 Å². The van der Waals surface area contributed by atoms with Crippen molar-refractivity contribution in [1.82, 2.24) is 5.32 Å². The summed E-state index contributed by atoms with van der Waals surface area (Å²) >= 11 is 3.37. The normalized spacial score (nSPS) is 11.6. The molecule has 3 rings (SSSR count). The van der Waals surface area contributed by atoms with Crippen LogP contribution >= 0.6 is 15.9 Å². The molecule has 0 aliphatic rings. The number of amides is 1. The Morgan fingerprint density at radius 1 is 0.920 bits per heavy atom. The lowest BCUT2D eigenvalue weighted by atomic mass is 10.1. The molecule has 0 spiro atoms. The van der Waals surface area contributed by atoms with Gasteiger partial charge in [-0.2, -0.15) is 0 Å². The minimum Gasteiger partial charge on any atom is -0.459 e. The van der Waals surface area contributed by atoms with Crippen LogP contribution < -0.4 is 10.6 Å². The summed E-state index contributed by atoms with van der Waals surface area (Å²) in [5, 5.41) is 5.73. The molecule has 1 unspecified atom stereocenters. The van der Waals surface area contributed by atoms with Crippen molar-refractivity contribution < 1.29 is 14.0 Å². The van der Waals surface area contributed by atoms with Gasteiger partial charge in [-0.25, -0.2) is 0 Å². The number of benzene rings is 2. The van der Waals surface area contributed by atoms with Crippen molar-refractivity contribution in [2.24, 2.45) is 0 Å². The number of carbonyl (C=O) groups excluding carboxylic acids is 2. The summed E-state index contributed by atoms with van der Waals surface area (Å²) < 4.78 is 6.01.